The lowest BCUT2D eigenvalue weighted by Gasteiger charge is -2.37. The molecular formula is C32H35N5O4S. The molecule has 2 aliphatic rings. The zero-order valence-electron chi connectivity index (χ0n) is 23.8. The van der Waals surface area contributed by atoms with Crippen LogP contribution in [0.4, 0.5) is 5.69 Å². The largest absolute Gasteiger partial charge is 0.457 e. The molecule has 0 saturated carbocycles. The van der Waals surface area contributed by atoms with E-state index in [1.807, 2.05) is 56.4 Å². The average molecular weight is 586 g/mol. The number of ketones is 1. The number of nitrogen functional groups attached to an aromatic ring is 1. The molecule has 10 heteroatoms. The van der Waals surface area contributed by atoms with Crippen LogP contribution in [0.5, 0.6) is 11.5 Å². The number of likely N-dealkylation sites (N-methyl/N-ethyl adjacent to an activating group) is 1. The fraction of sp³-hybridized carbons (Fsp3) is 0.312. The van der Waals surface area contributed by atoms with Crippen molar-refractivity contribution in [1.82, 2.24) is 10.2 Å². The lowest BCUT2D eigenvalue weighted by molar-refractivity contribution is -0.124. The third-order valence-corrected chi connectivity index (χ3v) is 9.64. The van der Waals surface area contributed by atoms with Gasteiger partial charge in [0, 0.05) is 42.9 Å². The maximum atomic E-state index is 14.2. The number of nitrogens with zero attached hydrogens (tertiary/aromatic N) is 1. The topological polar surface area (TPSA) is 146 Å². The molecule has 2 unspecified atom stereocenters. The van der Waals surface area contributed by atoms with Crippen molar-refractivity contribution < 1.29 is 19.1 Å². The van der Waals surface area contributed by atoms with Crippen molar-refractivity contribution in [2.24, 2.45) is 11.5 Å². The van der Waals surface area contributed by atoms with Gasteiger partial charge in [-0.2, -0.15) is 0 Å². The highest BCUT2D eigenvalue weighted by Gasteiger charge is 2.49. The number of thiophene rings is 1. The molecule has 6 rings (SSSR count). The van der Waals surface area contributed by atoms with Crippen LogP contribution in [-0.4, -0.2) is 56.0 Å². The molecule has 4 aromatic rings. The van der Waals surface area contributed by atoms with Crippen molar-refractivity contribution in [3.63, 3.8) is 0 Å². The van der Waals surface area contributed by atoms with Gasteiger partial charge in [-0.05, 0) is 67.4 Å². The first-order chi connectivity index (χ1) is 20.1. The maximum Gasteiger partial charge on any atom is 0.262 e. The van der Waals surface area contributed by atoms with Gasteiger partial charge in [-0.15, -0.1) is 11.3 Å². The summed E-state index contributed by atoms with van der Waals surface area (Å²) in [4.78, 5) is 30.4. The second-order valence-corrected chi connectivity index (χ2v) is 12.3. The van der Waals surface area contributed by atoms with Gasteiger partial charge in [-0.1, -0.05) is 30.3 Å². The van der Waals surface area contributed by atoms with E-state index in [1.54, 1.807) is 25.3 Å². The van der Waals surface area contributed by atoms with Gasteiger partial charge < -0.3 is 36.9 Å². The van der Waals surface area contributed by atoms with Gasteiger partial charge in [0.1, 0.15) is 17.0 Å². The van der Waals surface area contributed by atoms with E-state index in [1.165, 1.54) is 11.3 Å². The minimum absolute atomic E-state index is 0.0199. The number of Topliss-reactive ketones (excluding diaryl/α,β-unsaturated/α-hetero) is 1. The number of anilines is 1. The Labute approximate surface area is 248 Å². The molecule has 1 aromatic heterocycles. The summed E-state index contributed by atoms with van der Waals surface area (Å²) in [6, 6.07) is 17.2. The molecule has 1 amide bonds. The smallest absolute Gasteiger partial charge is 0.262 e. The lowest BCUT2D eigenvalue weighted by atomic mass is 9.69. The number of para-hydroxylation sites is 1. The average Bonchev–Trinajstić information content (AvgIpc) is 3.38. The molecule has 9 nitrogen and oxygen atoms in total. The highest BCUT2D eigenvalue weighted by Crippen LogP contribution is 2.50. The van der Waals surface area contributed by atoms with Gasteiger partial charge in [0.25, 0.3) is 5.91 Å². The van der Waals surface area contributed by atoms with Gasteiger partial charge in [-0.25, -0.2) is 0 Å². The number of nitrogens with two attached hydrogens (primary N) is 3. The van der Waals surface area contributed by atoms with Crippen LogP contribution in [0.15, 0.2) is 60.7 Å². The predicted molar refractivity (Wildman–Crippen MR) is 165 cm³/mol. The molecule has 0 spiro atoms. The number of aryl methyl sites for hydroxylation is 1. The number of hydrogen-bond donors (Lipinski definition) is 4. The Balaban J connectivity index is 1.41. The van der Waals surface area contributed by atoms with E-state index in [4.69, 9.17) is 26.7 Å². The first-order valence-corrected chi connectivity index (χ1v) is 14.7. The third-order valence-electron chi connectivity index (χ3n) is 8.38. The highest BCUT2D eigenvalue weighted by molar-refractivity contribution is 7.21. The summed E-state index contributed by atoms with van der Waals surface area (Å²) in [6.45, 7) is 3.39. The van der Waals surface area contributed by atoms with E-state index >= 15 is 0 Å². The number of rotatable bonds is 6. The Hall–Kier alpha value is -3.80. The minimum atomic E-state index is -1.54. The molecule has 1 aliphatic heterocycles. The molecule has 0 radical (unpaired) electrons. The lowest BCUT2D eigenvalue weighted by Crippen LogP contribution is -2.53. The second-order valence-electron chi connectivity index (χ2n) is 11.3. The van der Waals surface area contributed by atoms with Crippen molar-refractivity contribution in [2.75, 3.05) is 33.0 Å². The molecular weight excluding hydrogens is 550 g/mol. The fourth-order valence-corrected chi connectivity index (χ4v) is 7.59. The quantitative estimate of drug-likeness (QED) is 0.250. The number of carbonyl (C=O) groups is 2. The van der Waals surface area contributed by atoms with Crippen molar-refractivity contribution in [3.05, 3.63) is 87.8 Å². The van der Waals surface area contributed by atoms with E-state index in [0.717, 1.165) is 12.1 Å². The van der Waals surface area contributed by atoms with Crippen LogP contribution in [0.2, 0.25) is 0 Å². The van der Waals surface area contributed by atoms with Crippen LogP contribution in [-0.2, 0) is 15.1 Å². The Bertz CT molecular complexity index is 1690. The van der Waals surface area contributed by atoms with Crippen molar-refractivity contribution in [2.45, 2.75) is 37.1 Å². The van der Waals surface area contributed by atoms with Gasteiger partial charge in [-0.3, -0.25) is 9.59 Å². The monoisotopic (exact) mass is 585 g/mol. The van der Waals surface area contributed by atoms with Gasteiger partial charge >= 0.3 is 0 Å². The molecule has 4 atom stereocenters. The number of benzene rings is 3. The van der Waals surface area contributed by atoms with Crippen LogP contribution in [0.1, 0.15) is 44.4 Å². The molecule has 3 aromatic carbocycles. The predicted octanol–water partition coefficient (Wildman–Crippen LogP) is 3.82. The Morgan fingerprint density at radius 2 is 1.81 bits per heavy atom. The summed E-state index contributed by atoms with van der Waals surface area (Å²) in [7, 11) is 3.68. The van der Waals surface area contributed by atoms with Crippen LogP contribution in [0.3, 0.4) is 0 Å². The van der Waals surface area contributed by atoms with Crippen LogP contribution < -0.4 is 27.3 Å². The number of likely N-dealkylation sites (tertiary alicyclic amines) is 1. The van der Waals surface area contributed by atoms with Crippen molar-refractivity contribution in [1.29, 1.82) is 0 Å². The molecule has 218 valence electrons. The normalized spacial score (nSPS) is 24.1. The summed E-state index contributed by atoms with van der Waals surface area (Å²) in [5.41, 5.74) is 21.6. The molecule has 1 fully saturated rings. The molecule has 7 N–H and O–H groups in total. The number of methoxy groups -OCH3 is 1. The Morgan fingerprint density at radius 1 is 1.07 bits per heavy atom. The second kappa shape index (κ2) is 10.8. The Morgan fingerprint density at radius 3 is 2.52 bits per heavy atom. The zero-order valence-corrected chi connectivity index (χ0v) is 24.7. The summed E-state index contributed by atoms with van der Waals surface area (Å²) in [5.74, 6) is 0.665. The van der Waals surface area contributed by atoms with E-state index in [-0.39, 0.29) is 23.8 Å². The summed E-state index contributed by atoms with van der Waals surface area (Å²) >= 11 is 1.25. The number of nitrogens with one attached hydrogen (secondary N) is 1. The van der Waals surface area contributed by atoms with E-state index < -0.39 is 11.6 Å². The summed E-state index contributed by atoms with van der Waals surface area (Å²) < 4.78 is 12.3. The van der Waals surface area contributed by atoms with E-state index in [9.17, 15) is 9.59 Å². The molecule has 1 aliphatic carbocycles. The third kappa shape index (κ3) is 4.65. The SMILES string of the molecule is CO[C@H]1C[C@@H](NC(=O)c2sc3c(N)ccc4c3c2C(N)C(=O)C4(N)c2ccc(Oc3ccccc3)cc2C)CN(C)C1. The highest BCUT2D eigenvalue weighted by atomic mass is 32.1. The van der Waals surface area contributed by atoms with Crippen LogP contribution in [0, 0.1) is 6.92 Å². The summed E-state index contributed by atoms with van der Waals surface area (Å²) in [5, 5.41) is 3.83. The van der Waals surface area contributed by atoms with Gasteiger partial charge in [0.05, 0.1) is 21.7 Å². The van der Waals surface area contributed by atoms with Gasteiger partial charge in [0.2, 0.25) is 0 Å². The first kappa shape index (κ1) is 28.3. The van der Waals surface area contributed by atoms with Crippen LogP contribution >= 0.6 is 11.3 Å². The van der Waals surface area contributed by atoms with E-state index in [2.05, 4.69) is 10.2 Å². The van der Waals surface area contributed by atoms with Crippen LogP contribution in [0.25, 0.3) is 10.1 Å². The summed E-state index contributed by atoms with van der Waals surface area (Å²) in [6.07, 6.45) is 0.715. The van der Waals surface area contributed by atoms with Crippen molar-refractivity contribution in [3.8, 4) is 11.5 Å². The number of amides is 1. The Kier molecular flexibility index (Phi) is 7.28. The number of ether oxygens (including phenoxy) is 2. The fourth-order valence-electron chi connectivity index (χ4n) is 6.39. The molecule has 42 heavy (non-hydrogen) atoms. The number of hydrogen-bond acceptors (Lipinski definition) is 9. The zero-order chi connectivity index (χ0) is 29.8. The number of piperidine rings is 1. The minimum Gasteiger partial charge on any atom is -0.457 e. The van der Waals surface area contributed by atoms with Crippen molar-refractivity contribution >= 4 is 38.8 Å². The molecule has 0 bridgehead atoms. The molecule has 1 saturated heterocycles. The molecule has 2 heterocycles. The number of carbonyl (C=O) groups excluding carboxylic acids is 2. The maximum absolute atomic E-state index is 14.2. The standard InChI is InChI=1S/C32H35N5O4S/c1-17-13-20(41-19-7-5-4-6-8-19)9-10-22(17)32(35)23-11-12-24(33)28-25(23)26(27(34)30(32)38)29(42-28)31(39)36-18-14-21(40-3)16-37(2)15-18/h4-13,18,21,27H,14-16,33-35H2,1-3H3,(H,36,39)/t18-,21+,27?,32?/m1/s1. The first-order valence-electron chi connectivity index (χ1n) is 13.9. The van der Waals surface area contributed by atoms with Gasteiger partial charge in [0.15, 0.2) is 5.78 Å². The van der Waals surface area contributed by atoms with E-state index in [0.29, 0.717) is 61.8 Å².